The molecule has 3 nitrogen and oxygen atoms in total. The van der Waals surface area contributed by atoms with Crippen LogP contribution in [0, 0.1) is 0 Å². The first-order valence-corrected chi connectivity index (χ1v) is 7.47. The molecule has 1 heterocycles. The zero-order valence-electron chi connectivity index (χ0n) is 12.8. The zero-order valence-corrected chi connectivity index (χ0v) is 12.8. The van der Waals surface area contributed by atoms with Gasteiger partial charge in [-0.25, -0.2) is 0 Å². The van der Waals surface area contributed by atoms with Gasteiger partial charge < -0.3 is 14.4 Å². The summed E-state index contributed by atoms with van der Waals surface area (Å²) in [7, 11) is -0.348. The van der Waals surface area contributed by atoms with Crippen LogP contribution in [0.1, 0.15) is 57.8 Å². The van der Waals surface area contributed by atoms with Gasteiger partial charge in [0.15, 0.2) is 0 Å². The van der Waals surface area contributed by atoms with Gasteiger partial charge in [-0.05, 0) is 63.5 Å². The smallest absolute Gasteiger partial charge is 0.399 e. The first-order valence-electron chi connectivity index (χ1n) is 7.47. The molecule has 1 aromatic rings. The number of aliphatic hydroxyl groups excluding tert-OH is 1. The second-order valence-corrected chi connectivity index (χ2v) is 6.95. The second-order valence-electron chi connectivity index (χ2n) is 6.95. The van der Waals surface area contributed by atoms with Crippen LogP contribution in [0.25, 0.3) is 0 Å². The molecular weight excluding hydrogens is 251 g/mol. The summed E-state index contributed by atoms with van der Waals surface area (Å²) < 4.78 is 12.1. The lowest BCUT2D eigenvalue weighted by atomic mass is 9.75. The van der Waals surface area contributed by atoms with E-state index in [1.807, 2.05) is 0 Å². The van der Waals surface area contributed by atoms with Gasteiger partial charge in [-0.2, -0.15) is 0 Å². The van der Waals surface area contributed by atoms with Gasteiger partial charge in [-0.15, -0.1) is 0 Å². The molecule has 1 aliphatic carbocycles. The molecule has 0 radical (unpaired) electrons. The number of aliphatic hydroxyl groups is 1. The highest BCUT2D eigenvalue weighted by Crippen LogP contribution is 2.37. The number of hydrogen-bond donors (Lipinski definition) is 1. The van der Waals surface area contributed by atoms with Gasteiger partial charge in [0.1, 0.15) is 0 Å². The summed E-state index contributed by atoms with van der Waals surface area (Å²) in [6, 6.07) is 6.23. The van der Waals surface area contributed by atoms with Crippen molar-refractivity contribution < 1.29 is 14.4 Å². The van der Waals surface area contributed by atoms with Crippen LogP contribution in [0.4, 0.5) is 0 Å². The summed E-state index contributed by atoms with van der Waals surface area (Å²) in [5, 5.41) is 10.2. The standard InChI is InChI=1S/C16H23BO3/c1-15(2)16(3,4)20-17(19-15)12-9-8-11-6-5-7-14(18)13(11)10-12/h8-10,14,18H,5-7H2,1-4H3. The van der Waals surface area contributed by atoms with Crippen LogP contribution in [0.2, 0.25) is 0 Å². The highest BCUT2D eigenvalue weighted by Gasteiger charge is 2.51. The number of aryl methyl sites for hydroxylation is 1. The third-order valence-electron chi connectivity index (χ3n) is 4.98. The quantitative estimate of drug-likeness (QED) is 0.799. The zero-order chi connectivity index (χ0) is 14.5. The number of hydrogen-bond acceptors (Lipinski definition) is 3. The Labute approximate surface area is 121 Å². The van der Waals surface area contributed by atoms with Crippen LogP contribution in [-0.2, 0) is 15.7 Å². The van der Waals surface area contributed by atoms with Crippen LogP contribution in [-0.4, -0.2) is 23.4 Å². The molecule has 2 aliphatic rings. The second kappa shape index (κ2) is 4.59. The van der Waals surface area contributed by atoms with Crippen molar-refractivity contribution in [3.05, 3.63) is 29.3 Å². The first-order chi connectivity index (χ1) is 9.30. The fraction of sp³-hybridized carbons (Fsp3) is 0.625. The summed E-state index contributed by atoms with van der Waals surface area (Å²) in [5.41, 5.74) is 2.65. The molecule has 1 fully saturated rings. The van der Waals surface area contributed by atoms with Crippen LogP contribution in [0.5, 0.6) is 0 Å². The molecule has 4 heteroatoms. The highest BCUT2D eigenvalue weighted by molar-refractivity contribution is 6.62. The Morgan fingerprint density at radius 2 is 1.80 bits per heavy atom. The number of rotatable bonds is 1. The van der Waals surface area contributed by atoms with E-state index in [1.165, 1.54) is 5.56 Å². The van der Waals surface area contributed by atoms with E-state index in [2.05, 4.69) is 45.9 Å². The molecule has 1 atom stereocenters. The van der Waals surface area contributed by atoms with Gasteiger partial charge in [0.25, 0.3) is 0 Å². The van der Waals surface area contributed by atoms with E-state index in [-0.39, 0.29) is 24.4 Å². The largest absolute Gasteiger partial charge is 0.494 e. The van der Waals surface area contributed by atoms with Gasteiger partial charge in [-0.3, -0.25) is 0 Å². The van der Waals surface area contributed by atoms with Crippen molar-refractivity contribution in [1.29, 1.82) is 0 Å². The average Bonchev–Trinajstić information content (AvgIpc) is 2.59. The third-order valence-corrected chi connectivity index (χ3v) is 4.98. The Balaban J connectivity index is 1.91. The third kappa shape index (κ3) is 2.20. The summed E-state index contributed by atoms with van der Waals surface area (Å²) in [6.07, 6.45) is 2.61. The van der Waals surface area contributed by atoms with Crippen LogP contribution in [0.15, 0.2) is 18.2 Å². The molecule has 0 aromatic heterocycles. The van der Waals surface area contributed by atoms with Crippen molar-refractivity contribution in [2.24, 2.45) is 0 Å². The Morgan fingerprint density at radius 1 is 1.15 bits per heavy atom. The van der Waals surface area contributed by atoms with Crippen molar-refractivity contribution in [1.82, 2.24) is 0 Å². The lowest BCUT2D eigenvalue weighted by Gasteiger charge is -2.32. The lowest BCUT2D eigenvalue weighted by molar-refractivity contribution is 0.00578. The van der Waals surface area contributed by atoms with Crippen LogP contribution >= 0.6 is 0 Å². The Hall–Kier alpha value is -0.835. The maximum Gasteiger partial charge on any atom is 0.494 e. The Kier molecular flexibility index (Phi) is 3.24. The molecule has 0 amide bonds. The average molecular weight is 274 g/mol. The monoisotopic (exact) mass is 274 g/mol. The van der Waals surface area contributed by atoms with Crippen molar-refractivity contribution in [3.8, 4) is 0 Å². The van der Waals surface area contributed by atoms with Gasteiger partial charge in [0.2, 0.25) is 0 Å². The molecule has 0 saturated carbocycles. The molecule has 108 valence electrons. The van der Waals surface area contributed by atoms with E-state index >= 15 is 0 Å². The van der Waals surface area contributed by atoms with Gasteiger partial charge >= 0.3 is 7.12 Å². The van der Waals surface area contributed by atoms with E-state index in [1.54, 1.807) is 0 Å². The molecule has 1 unspecified atom stereocenters. The summed E-state index contributed by atoms with van der Waals surface area (Å²) in [5.74, 6) is 0. The fourth-order valence-electron chi connectivity index (χ4n) is 2.92. The molecule has 1 N–H and O–H groups in total. The van der Waals surface area contributed by atoms with Crippen molar-refractivity contribution in [2.45, 2.75) is 64.3 Å². The minimum Gasteiger partial charge on any atom is -0.399 e. The van der Waals surface area contributed by atoms with Crippen LogP contribution < -0.4 is 5.46 Å². The lowest BCUT2D eigenvalue weighted by Crippen LogP contribution is -2.41. The minimum atomic E-state index is -0.348. The van der Waals surface area contributed by atoms with Gasteiger partial charge in [-0.1, -0.05) is 18.2 Å². The van der Waals surface area contributed by atoms with E-state index in [4.69, 9.17) is 9.31 Å². The van der Waals surface area contributed by atoms with Gasteiger partial charge in [0, 0.05) is 0 Å². The van der Waals surface area contributed by atoms with E-state index in [0.717, 1.165) is 30.3 Å². The predicted octanol–water partition coefficient (Wildman–Crippen LogP) is 2.36. The first kappa shape index (κ1) is 14.1. The minimum absolute atomic E-state index is 0.327. The summed E-state index contributed by atoms with van der Waals surface area (Å²) >= 11 is 0. The number of benzene rings is 1. The molecule has 20 heavy (non-hydrogen) atoms. The van der Waals surface area contributed by atoms with Crippen molar-refractivity contribution >= 4 is 12.6 Å². The fourth-order valence-corrected chi connectivity index (χ4v) is 2.92. The molecule has 1 aromatic carbocycles. The Morgan fingerprint density at radius 3 is 2.45 bits per heavy atom. The molecular formula is C16H23BO3. The van der Waals surface area contributed by atoms with Crippen molar-refractivity contribution in [3.63, 3.8) is 0 Å². The number of fused-ring (bicyclic) bond motifs is 1. The summed E-state index contributed by atoms with van der Waals surface area (Å²) in [4.78, 5) is 0. The SMILES string of the molecule is CC1(C)OB(c2ccc3c(c2)C(O)CCC3)OC1(C)C. The molecule has 0 spiro atoms. The van der Waals surface area contributed by atoms with Crippen molar-refractivity contribution in [2.75, 3.05) is 0 Å². The maximum absolute atomic E-state index is 10.2. The van der Waals surface area contributed by atoms with E-state index in [9.17, 15) is 5.11 Å². The molecule has 3 rings (SSSR count). The van der Waals surface area contributed by atoms with Gasteiger partial charge in [0.05, 0.1) is 17.3 Å². The molecule has 0 bridgehead atoms. The Bertz CT molecular complexity index is 508. The van der Waals surface area contributed by atoms with Crippen LogP contribution in [0.3, 0.4) is 0 Å². The molecule has 1 aliphatic heterocycles. The maximum atomic E-state index is 10.2. The molecule has 1 saturated heterocycles. The van der Waals surface area contributed by atoms with E-state index < -0.39 is 0 Å². The topological polar surface area (TPSA) is 38.7 Å². The van der Waals surface area contributed by atoms with E-state index in [0.29, 0.717) is 0 Å². The highest BCUT2D eigenvalue weighted by atomic mass is 16.7. The normalized spacial score (nSPS) is 27.4. The predicted molar refractivity (Wildman–Crippen MR) is 80.1 cm³/mol. The summed E-state index contributed by atoms with van der Waals surface area (Å²) in [6.45, 7) is 8.22.